The fraction of sp³-hybridized carbons (Fsp3) is 0.385. The van der Waals surface area contributed by atoms with Gasteiger partial charge in [0.2, 0.25) is 0 Å². The van der Waals surface area contributed by atoms with Crippen LogP contribution in [0.2, 0.25) is 0 Å². The topological polar surface area (TPSA) is 55.8 Å². The van der Waals surface area contributed by atoms with Crippen molar-refractivity contribution >= 4 is 33.3 Å². The number of hydrogen-bond donors (Lipinski definition) is 0. The summed E-state index contributed by atoms with van der Waals surface area (Å²) in [5.74, 6) is -1.92. The van der Waals surface area contributed by atoms with Crippen LogP contribution in [-0.4, -0.2) is 45.2 Å². The number of benzene rings is 1. The zero-order valence-corrected chi connectivity index (χ0v) is 12.4. The number of ketones is 1. The fourth-order valence-corrected chi connectivity index (χ4v) is 2.61. The molecule has 0 fully saturated rings. The van der Waals surface area contributed by atoms with Gasteiger partial charge in [0, 0.05) is 18.1 Å². The molecule has 1 aromatic rings. The highest BCUT2D eigenvalue weighted by Gasteiger charge is 2.37. The van der Waals surface area contributed by atoms with E-state index in [1.54, 1.807) is 7.11 Å². The second kappa shape index (κ2) is 6.43. The van der Waals surface area contributed by atoms with Crippen LogP contribution in [0.3, 0.4) is 0 Å². The number of hydrogen-bond acceptors (Lipinski definition) is 4. The van der Waals surface area contributed by atoms with Crippen LogP contribution in [0, 0.1) is 5.82 Å². The van der Waals surface area contributed by atoms with E-state index in [0.29, 0.717) is 23.4 Å². The van der Waals surface area contributed by atoms with Crippen molar-refractivity contribution < 1.29 is 23.5 Å². The molecule has 0 N–H and O–H groups in total. The van der Waals surface area contributed by atoms with Crippen LogP contribution >= 0.6 is 15.9 Å². The molecule has 5 nitrogen and oxygen atoms in total. The average Bonchev–Trinajstić information content (AvgIpc) is 2.64. The van der Waals surface area contributed by atoms with Crippen LogP contribution in [0.15, 0.2) is 16.6 Å². The molecule has 1 aromatic carbocycles. The maximum atomic E-state index is 13.3. The highest BCUT2D eigenvalue weighted by atomic mass is 79.9. The Bertz CT molecular complexity index is 549. The molecule has 0 aromatic heterocycles. The molecule has 108 valence electrons. The predicted molar refractivity (Wildman–Crippen MR) is 73.5 cm³/mol. The predicted octanol–water partition coefficient (Wildman–Crippen LogP) is 1.78. The molecule has 0 saturated heterocycles. The second-order valence-electron chi connectivity index (χ2n) is 4.17. The summed E-state index contributed by atoms with van der Waals surface area (Å²) in [5, 5.41) is 0. The third-order valence-electron chi connectivity index (χ3n) is 2.87. The van der Waals surface area contributed by atoms with Crippen LogP contribution in [0.25, 0.3) is 0 Å². The lowest BCUT2D eigenvalue weighted by molar-refractivity contribution is -0.114. The number of carbonyl (C=O) groups is 2. The van der Waals surface area contributed by atoms with Crippen molar-refractivity contribution in [3.63, 3.8) is 0 Å². The Morgan fingerprint density at radius 1 is 1.25 bits per heavy atom. The highest BCUT2D eigenvalue weighted by molar-refractivity contribution is 9.10. The van der Waals surface area contributed by atoms with Gasteiger partial charge in [-0.05, 0) is 28.1 Å². The van der Waals surface area contributed by atoms with E-state index in [4.69, 9.17) is 9.47 Å². The van der Waals surface area contributed by atoms with Crippen LogP contribution in [0.1, 0.15) is 10.4 Å². The summed E-state index contributed by atoms with van der Waals surface area (Å²) in [7, 11) is 1.56. The number of amides is 1. The van der Waals surface area contributed by atoms with Crippen molar-refractivity contribution in [2.24, 2.45) is 0 Å². The number of halogens is 2. The maximum absolute atomic E-state index is 13.3. The smallest absolute Gasteiger partial charge is 0.299 e. The van der Waals surface area contributed by atoms with Crippen LogP contribution in [-0.2, 0) is 14.3 Å². The number of Topliss-reactive ketones (excluding diaryl/α,β-unsaturated/α-hetero) is 1. The summed E-state index contributed by atoms with van der Waals surface area (Å²) in [5.41, 5.74) is 0.482. The third-order valence-corrected chi connectivity index (χ3v) is 3.48. The molecule has 0 bridgehead atoms. The molecular weight excluding hydrogens is 333 g/mol. The largest absolute Gasteiger partial charge is 0.382 e. The number of anilines is 1. The van der Waals surface area contributed by atoms with Gasteiger partial charge in [-0.3, -0.25) is 9.59 Å². The van der Waals surface area contributed by atoms with Gasteiger partial charge in [-0.2, -0.15) is 0 Å². The van der Waals surface area contributed by atoms with Gasteiger partial charge in [-0.15, -0.1) is 0 Å². The lowest BCUT2D eigenvalue weighted by Gasteiger charge is -2.17. The zero-order chi connectivity index (χ0) is 14.7. The molecule has 0 spiro atoms. The molecule has 1 heterocycles. The third kappa shape index (κ3) is 2.89. The number of carbonyl (C=O) groups excluding carboxylic acids is 2. The first-order valence-corrected chi connectivity index (χ1v) is 6.77. The molecule has 0 saturated carbocycles. The van der Waals surface area contributed by atoms with Gasteiger partial charge in [-0.1, -0.05) is 0 Å². The quantitative estimate of drug-likeness (QED) is 0.582. The number of ether oxygens (including phenoxy) is 2. The highest BCUT2D eigenvalue weighted by Crippen LogP contribution is 2.36. The van der Waals surface area contributed by atoms with Gasteiger partial charge in [0.05, 0.1) is 31.1 Å². The molecule has 20 heavy (non-hydrogen) atoms. The molecule has 0 aliphatic carbocycles. The fourth-order valence-electron chi connectivity index (χ4n) is 1.97. The molecule has 2 rings (SSSR count). The Labute approximate surface area is 123 Å². The van der Waals surface area contributed by atoms with Crippen LogP contribution in [0.4, 0.5) is 10.1 Å². The van der Waals surface area contributed by atoms with E-state index in [9.17, 15) is 14.0 Å². The Hall–Kier alpha value is -1.31. The normalized spacial score (nSPS) is 14.1. The molecule has 1 aliphatic heterocycles. The van der Waals surface area contributed by atoms with Gasteiger partial charge in [0.1, 0.15) is 5.82 Å². The lowest BCUT2D eigenvalue weighted by Crippen LogP contribution is -2.33. The van der Waals surface area contributed by atoms with Crippen LogP contribution in [0.5, 0.6) is 0 Å². The minimum absolute atomic E-state index is 0.0822. The van der Waals surface area contributed by atoms with Crippen molar-refractivity contribution in [1.82, 2.24) is 0 Å². The number of fused-ring (bicyclic) bond motifs is 1. The second-order valence-corrected chi connectivity index (χ2v) is 5.03. The van der Waals surface area contributed by atoms with Crippen molar-refractivity contribution in [2.45, 2.75) is 0 Å². The Morgan fingerprint density at radius 3 is 2.70 bits per heavy atom. The van der Waals surface area contributed by atoms with Crippen molar-refractivity contribution in [2.75, 3.05) is 38.4 Å². The first-order valence-electron chi connectivity index (χ1n) is 5.98. The Kier molecular flexibility index (Phi) is 4.85. The van der Waals surface area contributed by atoms with Crippen molar-refractivity contribution in [3.05, 3.63) is 28.0 Å². The molecule has 0 radical (unpaired) electrons. The summed E-state index contributed by atoms with van der Waals surface area (Å²) in [6.07, 6.45) is 0. The van der Waals surface area contributed by atoms with Crippen LogP contribution < -0.4 is 4.90 Å². The summed E-state index contributed by atoms with van der Waals surface area (Å²) in [6.45, 7) is 1.36. The minimum Gasteiger partial charge on any atom is -0.382 e. The summed E-state index contributed by atoms with van der Waals surface area (Å²) < 4.78 is 23.8. The number of methoxy groups -OCH3 is 1. The Morgan fingerprint density at radius 2 is 2.00 bits per heavy atom. The average molecular weight is 346 g/mol. The standard InChI is InChI=1S/C13H13BrFNO4/c1-19-4-5-20-3-2-16-11-9(12(17)13(16)18)6-8(15)7-10(11)14/h6-7H,2-5H2,1H3. The first-order chi connectivity index (χ1) is 9.56. The van der Waals surface area contributed by atoms with E-state index < -0.39 is 17.5 Å². The van der Waals surface area contributed by atoms with Crippen molar-refractivity contribution in [1.29, 1.82) is 0 Å². The van der Waals surface area contributed by atoms with Gasteiger partial charge in [0.15, 0.2) is 0 Å². The van der Waals surface area contributed by atoms with Gasteiger partial charge < -0.3 is 14.4 Å². The summed E-state index contributed by atoms with van der Waals surface area (Å²) in [4.78, 5) is 25.0. The monoisotopic (exact) mass is 345 g/mol. The number of rotatable bonds is 6. The van der Waals surface area contributed by atoms with E-state index in [1.807, 2.05) is 0 Å². The Balaban J connectivity index is 2.12. The van der Waals surface area contributed by atoms with E-state index in [1.165, 1.54) is 11.0 Å². The molecule has 1 amide bonds. The SMILES string of the molecule is COCCOCCN1C(=O)C(=O)c2cc(F)cc(Br)c21. The molecule has 0 atom stereocenters. The minimum atomic E-state index is -0.697. The van der Waals surface area contributed by atoms with E-state index in [0.717, 1.165) is 6.07 Å². The van der Waals surface area contributed by atoms with Gasteiger partial charge in [0.25, 0.3) is 11.7 Å². The zero-order valence-electron chi connectivity index (χ0n) is 10.8. The number of nitrogens with zero attached hydrogens (tertiary/aromatic N) is 1. The van der Waals surface area contributed by atoms with Gasteiger partial charge in [-0.25, -0.2) is 4.39 Å². The first kappa shape index (κ1) is 15.1. The molecule has 7 heteroatoms. The van der Waals surface area contributed by atoms with Gasteiger partial charge >= 0.3 is 0 Å². The summed E-state index contributed by atoms with van der Waals surface area (Å²) >= 11 is 3.18. The summed E-state index contributed by atoms with van der Waals surface area (Å²) in [6, 6.07) is 2.30. The molecule has 1 aliphatic rings. The van der Waals surface area contributed by atoms with E-state index in [2.05, 4.69) is 15.9 Å². The van der Waals surface area contributed by atoms with Crippen molar-refractivity contribution in [3.8, 4) is 0 Å². The molecule has 0 unspecified atom stereocenters. The maximum Gasteiger partial charge on any atom is 0.299 e. The lowest BCUT2D eigenvalue weighted by atomic mass is 10.1. The van der Waals surface area contributed by atoms with E-state index in [-0.39, 0.29) is 18.7 Å². The van der Waals surface area contributed by atoms with E-state index >= 15 is 0 Å². The molecular formula is C13H13BrFNO4.